The van der Waals surface area contributed by atoms with Gasteiger partial charge in [-0.15, -0.1) is 0 Å². The van der Waals surface area contributed by atoms with Gasteiger partial charge in [-0.25, -0.2) is 4.79 Å². The summed E-state index contributed by atoms with van der Waals surface area (Å²) in [5.41, 5.74) is 2.55. The smallest absolute Gasteiger partial charge is 0.335 e. The Morgan fingerprint density at radius 1 is 1.09 bits per heavy atom. The Morgan fingerprint density at radius 2 is 1.77 bits per heavy atom. The molecule has 0 saturated heterocycles. The highest BCUT2D eigenvalue weighted by Crippen LogP contribution is 2.15. The molecule has 0 heterocycles. The highest BCUT2D eigenvalue weighted by Gasteiger charge is 2.08. The zero-order chi connectivity index (χ0) is 15.9. The van der Waals surface area contributed by atoms with Crippen LogP contribution in [0, 0.1) is 0 Å². The monoisotopic (exact) mass is 299 g/mol. The SMILES string of the molecule is CCN(Cc1ccc(OC)cc1)Cc1cccc(C(=O)O)c1. The molecule has 0 unspecified atom stereocenters. The van der Waals surface area contributed by atoms with Crippen molar-refractivity contribution in [2.45, 2.75) is 20.0 Å². The molecule has 22 heavy (non-hydrogen) atoms. The van der Waals surface area contributed by atoms with Crippen molar-refractivity contribution in [1.29, 1.82) is 0 Å². The molecule has 0 aliphatic rings. The lowest BCUT2D eigenvalue weighted by molar-refractivity contribution is 0.0696. The number of aromatic carboxylic acids is 1. The van der Waals surface area contributed by atoms with Gasteiger partial charge >= 0.3 is 5.97 Å². The summed E-state index contributed by atoms with van der Waals surface area (Å²) in [6, 6.07) is 15.1. The normalized spacial score (nSPS) is 10.7. The highest BCUT2D eigenvalue weighted by molar-refractivity contribution is 5.87. The fourth-order valence-electron chi connectivity index (χ4n) is 2.33. The van der Waals surface area contributed by atoms with Crippen molar-refractivity contribution in [3.63, 3.8) is 0 Å². The van der Waals surface area contributed by atoms with E-state index in [1.54, 1.807) is 25.3 Å². The molecule has 0 aliphatic heterocycles. The molecule has 4 nitrogen and oxygen atoms in total. The van der Waals surface area contributed by atoms with Gasteiger partial charge in [-0.3, -0.25) is 4.90 Å². The highest BCUT2D eigenvalue weighted by atomic mass is 16.5. The van der Waals surface area contributed by atoms with Gasteiger partial charge in [0.1, 0.15) is 5.75 Å². The molecule has 0 atom stereocenters. The molecule has 0 saturated carbocycles. The number of rotatable bonds is 7. The molecular weight excluding hydrogens is 278 g/mol. The number of carbonyl (C=O) groups is 1. The van der Waals surface area contributed by atoms with Gasteiger partial charge in [0.25, 0.3) is 0 Å². The number of carboxylic acid groups (broad SMARTS) is 1. The van der Waals surface area contributed by atoms with Gasteiger partial charge in [0.15, 0.2) is 0 Å². The third kappa shape index (κ3) is 4.33. The van der Waals surface area contributed by atoms with Crippen molar-refractivity contribution < 1.29 is 14.6 Å². The second-order valence-corrected chi connectivity index (χ2v) is 5.16. The Kier molecular flexibility index (Phi) is 5.55. The number of benzene rings is 2. The number of methoxy groups -OCH3 is 1. The van der Waals surface area contributed by atoms with Crippen LogP contribution < -0.4 is 4.74 Å². The van der Waals surface area contributed by atoms with Crippen LogP contribution in [-0.2, 0) is 13.1 Å². The predicted octanol–water partition coefficient (Wildman–Crippen LogP) is 3.42. The predicted molar refractivity (Wildman–Crippen MR) is 86.2 cm³/mol. The Bertz CT molecular complexity index is 622. The van der Waals surface area contributed by atoms with Crippen molar-refractivity contribution in [2.75, 3.05) is 13.7 Å². The van der Waals surface area contributed by atoms with E-state index in [9.17, 15) is 4.79 Å². The molecular formula is C18H21NO3. The first-order valence-corrected chi connectivity index (χ1v) is 7.30. The second kappa shape index (κ2) is 7.61. The van der Waals surface area contributed by atoms with Crippen LogP contribution in [0.1, 0.15) is 28.4 Å². The van der Waals surface area contributed by atoms with E-state index in [0.717, 1.165) is 30.9 Å². The molecule has 1 N–H and O–H groups in total. The van der Waals surface area contributed by atoms with Crippen molar-refractivity contribution in [3.05, 3.63) is 65.2 Å². The summed E-state index contributed by atoms with van der Waals surface area (Å²) in [4.78, 5) is 13.3. The van der Waals surface area contributed by atoms with E-state index in [1.807, 2.05) is 18.2 Å². The quantitative estimate of drug-likeness (QED) is 0.851. The number of carboxylic acids is 1. The molecule has 0 aliphatic carbocycles. The number of ether oxygens (including phenoxy) is 1. The van der Waals surface area contributed by atoms with Gasteiger partial charge in [0, 0.05) is 13.1 Å². The molecule has 0 radical (unpaired) electrons. The second-order valence-electron chi connectivity index (χ2n) is 5.16. The molecule has 0 amide bonds. The average Bonchev–Trinajstić information content (AvgIpc) is 2.55. The van der Waals surface area contributed by atoms with E-state index in [1.165, 1.54) is 5.56 Å². The largest absolute Gasteiger partial charge is 0.497 e. The standard InChI is InChI=1S/C18H21NO3/c1-3-19(12-14-7-9-17(22-2)10-8-14)13-15-5-4-6-16(11-15)18(20)21/h4-11H,3,12-13H2,1-2H3,(H,20,21). The molecule has 2 aromatic carbocycles. The van der Waals surface area contributed by atoms with Crippen molar-refractivity contribution in [3.8, 4) is 5.75 Å². The lowest BCUT2D eigenvalue weighted by Crippen LogP contribution is -2.22. The van der Waals surface area contributed by atoms with Gasteiger partial charge in [-0.05, 0) is 41.9 Å². The van der Waals surface area contributed by atoms with E-state index >= 15 is 0 Å². The van der Waals surface area contributed by atoms with Crippen molar-refractivity contribution in [2.24, 2.45) is 0 Å². The molecule has 0 spiro atoms. The summed E-state index contributed by atoms with van der Waals surface area (Å²) in [5, 5.41) is 9.06. The molecule has 2 aromatic rings. The van der Waals surface area contributed by atoms with E-state index in [2.05, 4.69) is 24.0 Å². The van der Waals surface area contributed by atoms with Gasteiger partial charge in [0.05, 0.1) is 12.7 Å². The lowest BCUT2D eigenvalue weighted by atomic mass is 10.1. The van der Waals surface area contributed by atoms with E-state index in [0.29, 0.717) is 5.56 Å². The maximum atomic E-state index is 11.0. The maximum Gasteiger partial charge on any atom is 0.335 e. The maximum absolute atomic E-state index is 11.0. The van der Waals surface area contributed by atoms with Gasteiger partial charge in [0.2, 0.25) is 0 Å². The first-order chi connectivity index (χ1) is 10.6. The zero-order valence-electron chi connectivity index (χ0n) is 13.0. The van der Waals surface area contributed by atoms with Gasteiger partial charge in [-0.1, -0.05) is 31.2 Å². The Morgan fingerprint density at radius 3 is 2.36 bits per heavy atom. The molecule has 4 heteroatoms. The Labute approximate surface area is 131 Å². The molecule has 0 aromatic heterocycles. The number of nitrogens with zero attached hydrogens (tertiary/aromatic N) is 1. The molecule has 2 rings (SSSR count). The Hall–Kier alpha value is -2.33. The minimum atomic E-state index is -0.889. The third-order valence-electron chi connectivity index (χ3n) is 3.59. The lowest BCUT2D eigenvalue weighted by Gasteiger charge is -2.21. The van der Waals surface area contributed by atoms with E-state index in [-0.39, 0.29) is 0 Å². The number of hydrogen-bond acceptors (Lipinski definition) is 3. The van der Waals surface area contributed by atoms with Crippen LogP contribution in [-0.4, -0.2) is 29.6 Å². The van der Waals surface area contributed by atoms with Crippen LogP contribution in [0.2, 0.25) is 0 Å². The van der Waals surface area contributed by atoms with Gasteiger partial charge < -0.3 is 9.84 Å². The van der Waals surface area contributed by atoms with Crippen LogP contribution >= 0.6 is 0 Å². The Balaban J connectivity index is 2.05. The minimum absolute atomic E-state index is 0.331. The van der Waals surface area contributed by atoms with Gasteiger partial charge in [-0.2, -0.15) is 0 Å². The average molecular weight is 299 g/mol. The zero-order valence-corrected chi connectivity index (χ0v) is 13.0. The van der Waals surface area contributed by atoms with Crippen LogP contribution in [0.3, 0.4) is 0 Å². The van der Waals surface area contributed by atoms with Crippen LogP contribution in [0.15, 0.2) is 48.5 Å². The summed E-state index contributed by atoms with van der Waals surface area (Å²) >= 11 is 0. The summed E-state index contributed by atoms with van der Waals surface area (Å²) in [7, 11) is 1.66. The van der Waals surface area contributed by atoms with Crippen molar-refractivity contribution >= 4 is 5.97 Å². The molecule has 116 valence electrons. The molecule has 0 bridgehead atoms. The van der Waals surface area contributed by atoms with Crippen LogP contribution in [0.4, 0.5) is 0 Å². The first-order valence-electron chi connectivity index (χ1n) is 7.30. The van der Waals surface area contributed by atoms with E-state index < -0.39 is 5.97 Å². The van der Waals surface area contributed by atoms with Crippen LogP contribution in [0.25, 0.3) is 0 Å². The van der Waals surface area contributed by atoms with E-state index in [4.69, 9.17) is 9.84 Å². The van der Waals surface area contributed by atoms with Crippen LogP contribution in [0.5, 0.6) is 5.75 Å². The third-order valence-corrected chi connectivity index (χ3v) is 3.59. The molecule has 0 fully saturated rings. The minimum Gasteiger partial charge on any atom is -0.497 e. The number of hydrogen-bond donors (Lipinski definition) is 1. The van der Waals surface area contributed by atoms with Crippen molar-refractivity contribution in [1.82, 2.24) is 4.90 Å². The summed E-state index contributed by atoms with van der Waals surface area (Å²) in [6.07, 6.45) is 0. The fraction of sp³-hybridized carbons (Fsp3) is 0.278. The fourth-order valence-corrected chi connectivity index (χ4v) is 2.33. The topological polar surface area (TPSA) is 49.8 Å². The summed E-state index contributed by atoms with van der Waals surface area (Å²) in [6.45, 7) is 4.54. The summed E-state index contributed by atoms with van der Waals surface area (Å²) in [5.74, 6) is -0.0407. The summed E-state index contributed by atoms with van der Waals surface area (Å²) < 4.78 is 5.16. The first kappa shape index (κ1) is 16.0.